The lowest BCUT2D eigenvalue weighted by molar-refractivity contribution is 0.671. The molecule has 0 spiro atoms. The SMILES string of the molecule is c1ccc(-c2ccc(-c3ccc(-c4cccc5c4oc4c(-c6ccccc6)cccc45)cc3)cn2)cc1. The molecule has 0 aliphatic carbocycles. The fourth-order valence-electron chi connectivity index (χ4n) is 5.08. The van der Waals surface area contributed by atoms with Crippen LogP contribution in [0.3, 0.4) is 0 Å². The molecule has 0 unspecified atom stereocenters. The molecule has 37 heavy (non-hydrogen) atoms. The molecule has 2 aromatic heterocycles. The molecule has 2 heteroatoms. The Bertz CT molecular complexity index is 1830. The van der Waals surface area contributed by atoms with Gasteiger partial charge in [0.1, 0.15) is 11.2 Å². The molecule has 7 rings (SSSR count). The van der Waals surface area contributed by atoms with E-state index in [-0.39, 0.29) is 0 Å². The van der Waals surface area contributed by atoms with Crippen molar-refractivity contribution in [3.05, 3.63) is 140 Å². The van der Waals surface area contributed by atoms with Crippen LogP contribution < -0.4 is 0 Å². The molecular formula is C35H23NO. The zero-order chi connectivity index (χ0) is 24.6. The number of nitrogens with zero attached hydrogens (tertiary/aromatic N) is 1. The molecule has 0 N–H and O–H groups in total. The van der Waals surface area contributed by atoms with E-state index in [1.54, 1.807) is 0 Å². The Morgan fingerprint density at radius 3 is 1.46 bits per heavy atom. The van der Waals surface area contributed by atoms with Crippen LogP contribution in [0.5, 0.6) is 0 Å². The van der Waals surface area contributed by atoms with E-state index in [2.05, 4.69) is 114 Å². The monoisotopic (exact) mass is 473 g/mol. The van der Waals surface area contributed by atoms with Crippen molar-refractivity contribution in [3.8, 4) is 44.6 Å². The van der Waals surface area contributed by atoms with Crippen LogP contribution in [-0.2, 0) is 0 Å². The largest absolute Gasteiger partial charge is 0.455 e. The highest BCUT2D eigenvalue weighted by molar-refractivity contribution is 6.13. The Morgan fingerprint density at radius 2 is 0.892 bits per heavy atom. The molecule has 0 amide bonds. The fourth-order valence-corrected chi connectivity index (χ4v) is 5.08. The third-order valence-electron chi connectivity index (χ3n) is 6.97. The summed E-state index contributed by atoms with van der Waals surface area (Å²) in [6.45, 7) is 0. The van der Waals surface area contributed by atoms with Crippen molar-refractivity contribution < 1.29 is 4.42 Å². The molecule has 0 aliphatic heterocycles. The van der Waals surface area contributed by atoms with Gasteiger partial charge in [0.05, 0.1) is 5.69 Å². The first-order valence-electron chi connectivity index (χ1n) is 12.5. The maximum Gasteiger partial charge on any atom is 0.143 e. The number of pyridine rings is 1. The number of para-hydroxylation sites is 2. The number of rotatable bonds is 4. The van der Waals surface area contributed by atoms with E-state index in [1.165, 1.54) is 0 Å². The predicted molar refractivity (Wildman–Crippen MR) is 153 cm³/mol. The van der Waals surface area contributed by atoms with Gasteiger partial charge in [-0.25, -0.2) is 0 Å². The Labute approximate surface area is 215 Å². The molecule has 2 nitrogen and oxygen atoms in total. The lowest BCUT2D eigenvalue weighted by Gasteiger charge is -2.07. The molecule has 0 aliphatic rings. The van der Waals surface area contributed by atoms with E-state index in [9.17, 15) is 0 Å². The second-order valence-electron chi connectivity index (χ2n) is 9.21. The van der Waals surface area contributed by atoms with Gasteiger partial charge in [0.15, 0.2) is 0 Å². The molecule has 174 valence electrons. The van der Waals surface area contributed by atoms with Crippen LogP contribution in [-0.4, -0.2) is 4.98 Å². The third kappa shape index (κ3) is 3.80. The Balaban J connectivity index is 1.27. The maximum atomic E-state index is 6.58. The zero-order valence-corrected chi connectivity index (χ0v) is 20.1. The van der Waals surface area contributed by atoms with Crippen LogP contribution in [0.4, 0.5) is 0 Å². The number of hydrogen-bond donors (Lipinski definition) is 0. The van der Waals surface area contributed by atoms with Gasteiger partial charge in [-0.2, -0.15) is 0 Å². The van der Waals surface area contributed by atoms with Crippen LogP contribution in [0, 0.1) is 0 Å². The molecule has 0 atom stereocenters. The van der Waals surface area contributed by atoms with Gasteiger partial charge in [0.2, 0.25) is 0 Å². The van der Waals surface area contributed by atoms with Crippen molar-refractivity contribution in [1.29, 1.82) is 0 Å². The lowest BCUT2D eigenvalue weighted by atomic mass is 9.98. The van der Waals surface area contributed by atoms with Gasteiger partial charge in [0.25, 0.3) is 0 Å². The van der Waals surface area contributed by atoms with Gasteiger partial charge >= 0.3 is 0 Å². The van der Waals surface area contributed by atoms with E-state index in [0.717, 1.165) is 66.6 Å². The number of benzene rings is 5. The zero-order valence-electron chi connectivity index (χ0n) is 20.1. The Morgan fingerprint density at radius 1 is 0.378 bits per heavy atom. The number of furan rings is 1. The summed E-state index contributed by atoms with van der Waals surface area (Å²) in [7, 11) is 0. The van der Waals surface area contributed by atoms with E-state index in [4.69, 9.17) is 4.42 Å². The first-order chi connectivity index (χ1) is 18.3. The Hall–Kier alpha value is -4.95. The van der Waals surface area contributed by atoms with Crippen LogP contribution in [0.25, 0.3) is 66.6 Å². The van der Waals surface area contributed by atoms with Crippen molar-refractivity contribution in [1.82, 2.24) is 4.98 Å². The second-order valence-corrected chi connectivity index (χ2v) is 9.21. The highest BCUT2D eigenvalue weighted by Gasteiger charge is 2.15. The van der Waals surface area contributed by atoms with Crippen molar-refractivity contribution >= 4 is 21.9 Å². The lowest BCUT2D eigenvalue weighted by Crippen LogP contribution is -1.85. The minimum absolute atomic E-state index is 0.919. The van der Waals surface area contributed by atoms with Gasteiger partial charge in [-0.1, -0.05) is 127 Å². The van der Waals surface area contributed by atoms with Gasteiger partial charge in [-0.05, 0) is 22.8 Å². The van der Waals surface area contributed by atoms with Crippen molar-refractivity contribution in [2.45, 2.75) is 0 Å². The normalized spacial score (nSPS) is 11.2. The predicted octanol–water partition coefficient (Wildman–Crippen LogP) is 9.65. The summed E-state index contributed by atoms with van der Waals surface area (Å²) >= 11 is 0. The van der Waals surface area contributed by atoms with Gasteiger partial charge < -0.3 is 4.42 Å². The standard InChI is InChI=1S/C35H23NO/c1-3-9-25(10-4-1)29-13-7-15-31-32-16-8-14-30(35(32)37-34(29)31)26-19-17-24(18-20-26)28-21-22-33(36-23-28)27-11-5-2-6-12-27/h1-23H. The molecule has 0 saturated carbocycles. The van der Waals surface area contributed by atoms with Crippen LogP contribution in [0.1, 0.15) is 0 Å². The second kappa shape index (κ2) is 8.92. The topological polar surface area (TPSA) is 26.0 Å². The Kier molecular flexibility index (Phi) is 5.15. The molecule has 0 bridgehead atoms. The highest BCUT2D eigenvalue weighted by atomic mass is 16.3. The summed E-state index contributed by atoms with van der Waals surface area (Å²) in [5, 5.41) is 2.27. The summed E-state index contributed by atoms with van der Waals surface area (Å²) in [6, 6.07) is 46.3. The first-order valence-corrected chi connectivity index (χ1v) is 12.5. The molecule has 0 saturated heterocycles. The van der Waals surface area contributed by atoms with Gasteiger partial charge in [-0.15, -0.1) is 0 Å². The van der Waals surface area contributed by atoms with Crippen molar-refractivity contribution in [2.24, 2.45) is 0 Å². The summed E-state index contributed by atoms with van der Waals surface area (Å²) < 4.78 is 6.58. The van der Waals surface area contributed by atoms with E-state index >= 15 is 0 Å². The molecule has 0 fully saturated rings. The molecule has 5 aromatic carbocycles. The van der Waals surface area contributed by atoms with E-state index < -0.39 is 0 Å². The summed E-state index contributed by atoms with van der Waals surface area (Å²) in [5.74, 6) is 0. The van der Waals surface area contributed by atoms with Crippen LogP contribution in [0.2, 0.25) is 0 Å². The molecule has 7 aromatic rings. The highest BCUT2D eigenvalue weighted by Crippen LogP contribution is 2.40. The van der Waals surface area contributed by atoms with Crippen molar-refractivity contribution in [2.75, 3.05) is 0 Å². The average molecular weight is 474 g/mol. The summed E-state index contributed by atoms with van der Waals surface area (Å²) in [5.41, 5.74) is 10.7. The van der Waals surface area contributed by atoms with E-state index in [1.807, 2.05) is 30.5 Å². The number of fused-ring (bicyclic) bond motifs is 3. The van der Waals surface area contributed by atoms with Crippen LogP contribution >= 0.6 is 0 Å². The molecule has 0 radical (unpaired) electrons. The first kappa shape index (κ1) is 21.3. The fraction of sp³-hybridized carbons (Fsp3) is 0. The third-order valence-corrected chi connectivity index (χ3v) is 6.97. The quantitative estimate of drug-likeness (QED) is 0.254. The van der Waals surface area contributed by atoms with Gasteiger partial charge in [0, 0.05) is 39.2 Å². The van der Waals surface area contributed by atoms with Crippen molar-refractivity contribution in [3.63, 3.8) is 0 Å². The van der Waals surface area contributed by atoms with Gasteiger partial charge in [-0.3, -0.25) is 4.98 Å². The summed E-state index contributed by atoms with van der Waals surface area (Å²) in [4.78, 5) is 4.69. The molecule has 2 heterocycles. The maximum absolute atomic E-state index is 6.58. The molecular weight excluding hydrogens is 450 g/mol. The summed E-state index contributed by atoms with van der Waals surface area (Å²) in [6.07, 6.45) is 1.95. The minimum Gasteiger partial charge on any atom is -0.455 e. The smallest absolute Gasteiger partial charge is 0.143 e. The number of hydrogen-bond acceptors (Lipinski definition) is 2. The number of aromatic nitrogens is 1. The minimum atomic E-state index is 0.919. The average Bonchev–Trinajstić information content (AvgIpc) is 3.37. The van der Waals surface area contributed by atoms with Crippen LogP contribution in [0.15, 0.2) is 144 Å². The van der Waals surface area contributed by atoms with E-state index in [0.29, 0.717) is 0 Å².